The van der Waals surface area contributed by atoms with Crippen molar-refractivity contribution in [2.45, 2.75) is 83.2 Å². The van der Waals surface area contributed by atoms with Crippen LogP contribution in [0.2, 0.25) is 5.02 Å². The number of rotatable bonds is 9. The van der Waals surface area contributed by atoms with Gasteiger partial charge in [0.25, 0.3) is 0 Å². The largest absolute Gasteiger partial charge is 0.353 e. The lowest BCUT2D eigenvalue weighted by Gasteiger charge is -2.35. The first-order chi connectivity index (χ1) is 17.5. The summed E-state index contributed by atoms with van der Waals surface area (Å²) in [7, 11) is 0. The van der Waals surface area contributed by atoms with Gasteiger partial charge in [0.15, 0.2) is 5.82 Å². The van der Waals surface area contributed by atoms with Crippen molar-refractivity contribution in [1.29, 1.82) is 0 Å². The van der Waals surface area contributed by atoms with Crippen LogP contribution in [0, 0.1) is 12.7 Å². The van der Waals surface area contributed by atoms with E-state index in [1.165, 1.54) is 25.7 Å². The molecule has 2 bridgehead atoms. The highest BCUT2D eigenvalue weighted by Crippen LogP contribution is 2.48. The number of fused-ring (bicyclic) bond motifs is 2. The van der Waals surface area contributed by atoms with E-state index < -0.39 is 5.82 Å². The summed E-state index contributed by atoms with van der Waals surface area (Å²) in [6, 6.07) is 4.84. The van der Waals surface area contributed by atoms with Crippen molar-refractivity contribution in [1.82, 2.24) is 15.2 Å². The Balaban J connectivity index is 1.55. The molecule has 0 amide bonds. The summed E-state index contributed by atoms with van der Waals surface area (Å²) in [5.41, 5.74) is 3.93. The summed E-state index contributed by atoms with van der Waals surface area (Å²) in [6.07, 6.45) is 10.8. The standard InChI is InChI=1S/C29H37ClFN5/c1-4-5-6-7-12-33-29(36-16-20-10-11-21(17-36)35-20)23-15-34-28(26(31)27(23)32-3)22-13-18(2)14-24(30)25(22)19-8-9-19/h13-15,19-21,35H,3-12,16-17H2,1-2H3. The number of amidine groups is 1. The number of pyridine rings is 1. The maximum Gasteiger partial charge on any atom is 0.175 e. The molecule has 2 unspecified atom stereocenters. The second-order valence-corrected chi connectivity index (χ2v) is 11.0. The van der Waals surface area contributed by atoms with E-state index in [9.17, 15) is 0 Å². The molecular weight excluding hydrogens is 473 g/mol. The van der Waals surface area contributed by atoms with Crippen LogP contribution in [-0.2, 0) is 0 Å². The Morgan fingerprint density at radius 1 is 1.17 bits per heavy atom. The highest BCUT2D eigenvalue weighted by molar-refractivity contribution is 6.32. The van der Waals surface area contributed by atoms with Crippen molar-refractivity contribution in [3.05, 3.63) is 45.9 Å². The summed E-state index contributed by atoms with van der Waals surface area (Å²) in [5, 5.41) is 4.37. The van der Waals surface area contributed by atoms with Crippen LogP contribution in [0.25, 0.3) is 11.3 Å². The maximum absolute atomic E-state index is 16.2. The molecule has 1 aromatic heterocycles. The molecule has 3 fully saturated rings. The van der Waals surface area contributed by atoms with E-state index >= 15 is 4.39 Å². The van der Waals surface area contributed by atoms with Gasteiger partial charge in [-0.15, -0.1) is 0 Å². The van der Waals surface area contributed by atoms with E-state index in [1.807, 2.05) is 19.1 Å². The van der Waals surface area contributed by atoms with Gasteiger partial charge in [-0.1, -0.05) is 37.8 Å². The lowest BCUT2D eigenvalue weighted by Crippen LogP contribution is -2.53. The number of hydrogen-bond acceptors (Lipinski definition) is 4. The number of aromatic nitrogens is 1. The topological polar surface area (TPSA) is 52.9 Å². The quantitative estimate of drug-likeness (QED) is 0.229. The Morgan fingerprint density at radius 3 is 2.58 bits per heavy atom. The first-order valence-electron chi connectivity index (χ1n) is 13.5. The van der Waals surface area contributed by atoms with Crippen molar-refractivity contribution in [2.24, 2.45) is 9.98 Å². The van der Waals surface area contributed by atoms with Gasteiger partial charge in [0, 0.05) is 48.5 Å². The molecule has 5 rings (SSSR count). The van der Waals surface area contributed by atoms with E-state index in [-0.39, 0.29) is 5.69 Å². The van der Waals surface area contributed by atoms with Crippen LogP contribution in [-0.4, -0.2) is 54.2 Å². The average molecular weight is 510 g/mol. The predicted molar refractivity (Wildman–Crippen MR) is 148 cm³/mol. The molecule has 3 heterocycles. The van der Waals surface area contributed by atoms with Crippen molar-refractivity contribution in [3.8, 4) is 11.3 Å². The first kappa shape index (κ1) is 25.3. The smallest absolute Gasteiger partial charge is 0.175 e. The third-order valence-corrected chi connectivity index (χ3v) is 8.01. The number of aryl methyl sites for hydroxylation is 1. The number of piperazine rings is 1. The lowest BCUT2D eigenvalue weighted by molar-refractivity contribution is 0.288. The molecule has 3 aliphatic rings. The van der Waals surface area contributed by atoms with Gasteiger partial charge in [-0.2, -0.15) is 0 Å². The zero-order chi connectivity index (χ0) is 25.2. The van der Waals surface area contributed by atoms with E-state index in [0.717, 1.165) is 61.3 Å². The van der Waals surface area contributed by atoms with Gasteiger partial charge >= 0.3 is 0 Å². The van der Waals surface area contributed by atoms with Gasteiger partial charge in [0.1, 0.15) is 17.2 Å². The fourth-order valence-electron chi connectivity index (χ4n) is 5.77. The molecule has 2 aliphatic heterocycles. The van der Waals surface area contributed by atoms with E-state index in [1.54, 1.807) is 6.20 Å². The number of aliphatic imine (C=N–C) groups is 2. The van der Waals surface area contributed by atoms with Gasteiger partial charge in [-0.05, 0) is 74.9 Å². The summed E-state index contributed by atoms with van der Waals surface area (Å²) in [5.74, 6) is 0.725. The molecule has 192 valence electrons. The minimum Gasteiger partial charge on any atom is -0.353 e. The van der Waals surface area contributed by atoms with Crippen molar-refractivity contribution >= 4 is 29.8 Å². The maximum atomic E-state index is 16.2. The molecule has 2 atom stereocenters. The monoisotopic (exact) mass is 509 g/mol. The summed E-state index contributed by atoms with van der Waals surface area (Å²) < 4.78 is 16.2. The SMILES string of the molecule is C=Nc1c(C(=NCCCCCC)N2CC3CCC(C2)N3)cnc(-c2cc(C)cc(Cl)c2C2CC2)c1F. The van der Waals surface area contributed by atoms with Gasteiger partial charge < -0.3 is 10.2 Å². The summed E-state index contributed by atoms with van der Waals surface area (Å²) in [4.78, 5) is 16.2. The van der Waals surface area contributed by atoms with Crippen LogP contribution in [0.15, 0.2) is 28.3 Å². The molecule has 2 saturated heterocycles. The zero-order valence-corrected chi connectivity index (χ0v) is 22.3. The third kappa shape index (κ3) is 5.21. The predicted octanol–water partition coefficient (Wildman–Crippen LogP) is 6.82. The Hall–Kier alpha value is -2.31. The Bertz CT molecular complexity index is 1150. The van der Waals surface area contributed by atoms with Gasteiger partial charge in [-0.25, -0.2) is 4.39 Å². The molecule has 1 saturated carbocycles. The van der Waals surface area contributed by atoms with Gasteiger partial charge in [0.2, 0.25) is 0 Å². The lowest BCUT2D eigenvalue weighted by atomic mass is 9.96. The Labute approximate surface area is 219 Å². The fourth-order valence-corrected chi connectivity index (χ4v) is 6.20. The van der Waals surface area contributed by atoms with Crippen LogP contribution in [0.3, 0.4) is 0 Å². The number of likely N-dealkylation sites (tertiary alicyclic amines) is 1. The highest BCUT2D eigenvalue weighted by atomic mass is 35.5. The molecule has 1 N–H and O–H groups in total. The molecule has 2 aromatic rings. The second-order valence-electron chi connectivity index (χ2n) is 10.6. The first-order valence-corrected chi connectivity index (χ1v) is 13.9. The normalized spacial score (nSPS) is 21.8. The van der Waals surface area contributed by atoms with Crippen LogP contribution in [0.5, 0.6) is 0 Å². The van der Waals surface area contributed by atoms with Crippen LogP contribution < -0.4 is 5.32 Å². The van der Waals surface area contributed by atoms with E-state index in [4.69, 9.17) is 21.6 Å². The van der Waals surface area contributed by atoms with Gasteiger partial charge in [-0.3, -0.25) is 15.0 Å². The molecule has 7 heteroatoms. The molecule has 0 radical (unpaired) electrons. The molecular formula is C29H37ClFN5. The summed E-state index contributed by atoms with van der Waals surface area (Å²) >= 11 is 6.64. The van der Waals surface area contributed by atoms with Crippen molar-refractivity contribution < 1.29 is 4.39 Å². The molecule has 36 heavy (non-hydrogen) atoms. The number of unbranched alkanes of at least 4 members (excludes halogenated alkanes) is 3. The summed E-state index contributed by atoms with van der Waals surface area (Å²) in [6.45, 7) is 10.4. The zero-order valence-electron chi connectivity index (χ0n) is 21.5. The molecule has 5 nitrogen and oxygen atoms in total. The Kier molecular flexibility index (Phi) is 7.73. The van der Waals surface area contributed by atoms with Crippen LogP contribution >= 0.6 is 11.6 Å². The molecule has 1 aliphatic carbocycles. The van der Waals surface area contributed by atoms with Gasteiger partial charge in [0.05, 0.1) is 5.56 Å². The highest BCUT2D eigenvalue weighted by Gasteiger charge is 2.35. The van der Waals surface area contributed by atoms with Crippen LogP contribution in [0.1, 0.15) is 80.9 Å². The number of nitrogens with zero attached hydrogens (tertiary/aromatic N) is 4. The van der Waals surface area contributed by atoms with Crippen molar-refractivity contribution in [3.63, 3.8) is 0 Å². The number of halogens is 2. The molecule has 1 aromatic carbocycles. The van der Waals surface area contributed by atoms with Crippen LogP contribution in [0.4, 0.5) is 10.1 Å². The van der Waals surface area contributed by atoms with Crippen molar-refractivity contribution in [2.75, 3.05) is 19.6 Å². The van der Waals surface area contributed by atoms with E-state index in [2.05, 4.69) is 28.9 Å². The van der Waals surface area contributed by atoms with E-state index in [0.29, 0.717) is 40.8 Å². The number of nitrogens with one attached hydrogen (secondary N) is 1. The Morgan fingerprint density at radius 2 is 1.92 bits per heavy atom. The number of benzene rings is 1. The average Bonchev–Trinajstić information content (AvgIpc) is 3.63. The minimum atomic E-state index is -0.442. The minimum absolute atomic E-state index is 0.234. The second kappa shape index (κ2) is 11.0. The number of hydrogen-bond donors (Lipinski definition) is 1. The third-order valence-electron chi connectivity index (χ3n) is 7.70. The fraction of sp³-hybridized carbons (Fsp3) is 0.552. The molecule has 0 spiro atoms.